The van der Waals surface area contributed by atoms with Crippen molar-refractivity contribution in [3.63, 3.8) is 0 Å². The smallest absolute Gasteiger partial charge is 0.262 e. The number of Topliss-reactive ketones (excluding diaryl/α,β-unsaturated/α-hetero) is 1. The third kappa shape index (κ3) is 4.51. The van der Waals surface area contributed by atoms with Crippen LogP contribution in [0.15, 0.2) is 42.5 Å². The van der Waals surface area contributed by atoms with Gasteiger partial charge in [0.05, 0.1) is 29.9 Å². The number of rotatable bonds is 7. The molecule has 0 bridgehead atoms. The molecule has 0 unspecified atom stereocenters. The van der Waals surface area contributed by atoms with Crippen molar-refractivity contribution in [1.82, 2.24) is 9.78 Å². The molecule has 0 fully saturated rings. The molecule has 1 heterocycles. The molecular formula is C23H25N3O4. The summed E-state index contributed by atoms with van der Waals surface area (Å²) in [6.07, 6.45) is 0. The van der Waals surface area contributed by atoms with Crippen LogP contribution in [0.25, 0.3) is 5.69 Å². The van der Waals surface area contributed by atoms with Crippen molar-refractivity contribution in [3.8, 4) is 17.2 Å². The third-order valence-electron chi connectivity index (χ3n) is 4.76. The topological polar surface area (TPSA) is 82.4 Å². The van der Waals surface area contributed by atoms with Crippen LogP contribution in [0.4, 0.5) is 5.69 Å². The van der Waals surface area contributed by atoms with E-state index in [4.69, 9.17) is 9.47 Å². The minimum atomic E-state index is -0.317. The van der Waals surface area contributed by atoms with Crippen molar-refractivity contribution in [2.45, 2.75) is 27.7 Å². The molecule has 0 spiro atoms. The first-order valence-corrected chi connectivity index (χ1v) is 9.55. The van der Waals surface area contributed by atoms with Gasteiger partial charge in [-0.15, -0.1) is 0 Å². The minimum Gasteiger partial charge on any atom is -0.493 e. The molecule has 0 aliphatic carbocycles. The highest BCUT2D eigenvalue weighted by atomic mass is 16.5. The number of anilines is 1. The number of amides is 1. The second-order valence-corrected chi connectivity index (χ2v) is 7.05. The van der Waals surface area contributed by atoms with Crippen LogP contribution in [-0.4, -0.2) is 35.2 Å². The highest BCUT2D eigenvalue weighted by Crippen LogP contribution is 2.28. The summed E-state index contributed by atoms with van der Waals surface area (Å²) in [4.78, 5) is 24.0. The molecule has 0 saturated carbocycles. The molecule has 0 aliphatic rings. The Hall–Kier alpha value is -3.61. The van der Waals surface area contributed by atoms with Gasteiger partial charge in [-0.25, -0.2) is 4.68 Å². The first-order valence-electron chi connectivity index (χ1n) is 9.55. The van der Waals surface area contributed by atoms with Crippen LogP contribution in [0.3, 0.4) is 0 Å². The molecule has 0 atom stereocenters. The van der Waals surface area contributed by atoms with Gasteiger partial charge >= 0.3 is 0 Å². The Morgan fingerprint density at radius 3 is 2.37 bits per heavy atom. The van der Waals surface area contributed by atoms with Gasteiger partial charge in [-0.05, 0) is 58.0 Å². The molecule has 7 heteroatoms. The fourth-order valence-electron chi connectivity index (χ4n) is 3.09. The van der Waals surface area contributed by atoms with E-state index in [1.807, 2.05) is 45.0 Å². The summed E-state index contributed by atoms with van der Waals surface area (Å²) in [6, 6.07) is 12.9. The van der Waals surface area contributed by atoms with Gasteiger partial charge in [-0.2, -0.15) is 5.10 Å². The quantitative estimate of drug-likeness (QED) is 0.598. The van der Waals surface area contributed by atoms with E-state index in [1.54, 1.807) is 22.9 Å². The molecule has 156 valence electrons. The predicted molar refractivity (Wildman–Crippen MR) is 115 cm³/mol. The van der Waals surface area contributed by atoms with E-state index in [0.29, 0.717) is 28.4 Å². The number of hydrogen-bond acceptors (Lipinski definition) is 5. The van der Waals surface area contributed by atoms with Gasteiger partial charge in [-0.1, -0.05) is 17.7 Å². The summed E-state index contributed by atoms with van der Waals surface area (Å²) in [5.74, 6) is 0.396. The molecule has 3 aromatic rings. The standard InChI is InChI=1S/C23H25N3O4/c1-14-6-9-19(10-7-14)26-16(3)23(15(2)25-26)24-22(28)13-30-20-11-8-18(17(4)27)12-21(20)29-5/h6-12H,13H2,1-5H3,(H,24,28). The van der Waals surface area contributed by atoms with Crippen LogP contribution in [0.1, 0.15) is 34.2 Å². The van der Waals surface area contributed by atoms with Crippen molar-refractivity contribution in [3.05, 3.63) is 65.0 Å². The molecule has 30 heavy (non-hydrogen) atoms. The van der Waals surface area contributed by atoms with Crippen LogP contribution in [0, 0.1) is 20.8 Å². The summed E-state index contributed by atoms with van der Waals surface area (Å²) in [5, 5.41) is 7.42. The number of aromatic nitrogens is 2. The second-order valence-electron chi connectivity index (χ2n) is 7.05. The Bertz CT molecular complexity index is 1080. The summed E-state index contributed by atoms with van der Waals surface area (Å²) in [6.45, 7) is 7.05. The average molecular weight is 407 g/mol. The maximum atomic E-state index is 12.5. The van der Waals surface area contributed by atoms with Crippen molar-refractivity contribution >= 4 is 17.4 Å². The summed E-state index contributed by atoms with van der Waals surface area (Å²) >= 11 is 0. The van der Waals surface area contributed by atoms with Crippen molar-refractivity contribution < 1.29 is 19.1 Å². The number of hydrogen-bond donors (Lipinski definition) is 1. The number of nitrogens with zero attached hydrogens (tertiary/aromatic N) is 2. The Kier molecular flexibility index (Phi) is 6.20. The van der Waals surface area contributed by atoms with Crippen molar-refractivity contribution in [1.29, 1.82) is 0 Å². The second kappa shape index (κ2) is 8.82. The lowest BCUT2D eigenvalue weighted by Crippen LogP contribution is -2.21. The van der Waals surface area contributed by atoms with Gasteiger partial charge in [0.1, 0.15) is 0 Å². The van der Waals surface area contributed by atoms with E-state index < -0.39 is 0 Å². The summed E-state index contributed by atoms with van der Waals surface area (Å²) in [7, 11) is 1.48. The van der Waals surface area contributed by atoms with E-state index in [-0.39, 0.29) is 18.3 Å². The Morgan fingerprint density at radius 2 is 1.73 bits per heavy atom. The number of methoxy groups -OCH3 is 1. The Balaban J connectivity index is 1.71. The van der Waals surface area contributed by atoms with Crippen LogP contribution < -0.4 is 14.8 Å². The molecule has 7 nitrogen and oxygen atoms in total. The van der Waals surface area contributed by atoms with E-state index in [9.17, 15) is 9.59 Å². The highest BCUT2D eigenvalue weighted by Gasteiger charge is 2.16. The van der Waals surface area contributed by atoms with Gasteiger partial charge in [-0.3, -0.25) is 9.59 Å². The molecule has 1 aromatic heterocycles. The van der Waals surface area contributed by atoms with Crippen LogP contribution in [0.2, 0.25) is 0 Å². The zero-order chi connectivity index (χ0) is 21.8. The van der Waals surface area contributed by atoms with Crippen LogP contribution in [0.5, 0.6) is 11.5 Å². The van der Waals surface area contributed by atoms with Gasteiger partial charge in [0.15, 0.2) is 23.9 Å². The van der Waals surface area contributed by atoms with Gasteiger partial charge in [0.25, 0.3) is 5.91 Å². The third-order valence-corrected chi connectivity index (χ3v) is 4.76. The lowest BCUT2D eigenvalue weighted by Gasteiger charge is -2.12. The van der Waals surface area contributed by atoms with Crippen LogP contribution >= 0.6 is 0 Å². The molecule has 1 amide bonds. The van der Waals surface area contributed by atoms with E-state index >= 15 is 0 Å². The normalized spacial score (nSPS) is 10.6. The van der Waals surface area contributed by atoms with Gasteiger partial charge in [0, 0.05) is 5.56 Å². The monoisotopic (exact) mass is 407 g/mol. The number of nitrogens with one attached hydrogen (secondary N) is 1. The largest absolute Gasteiger partial charge is 0.493 e. The molecule has 0 radical (unpaired) electrons. The number of benzene rings is 2. The number of carbonyl (C=O) groups excluding carboxylic acids is 2. The molecule has 1 N–H and O–H groups in total. The minimum absolute atomic E-state index is 0.0749. The molecule has 0 aliphatic heterocycles. The average Bonchev–Trinajstić information content (AvgIpc) is 3.00. The number of carbonyl (C=O) groups is 2. The number of ketones is 1. The zero-order valence-electron chi connectivity index (χ0n) is 17.8. The van der Waals surface area contributed by atoms with Crippen molar-refractivity contribution in [2.24, 2.45) is 0 Å². The maximum absolute atomic E-state index is 12.5. The van der Waals surface area contributed by atoms with Gasteiger partial charge in [0.2, 0.25) is 0 Å². The predicted octanol–water partition coefficient (Wildman–Crippen LogP) is 4.03. The highest BCUT2D eigenvalue weighted by molar-refractivity contribution is 5.95. The molecule has 3 rings (SSSR count). The maximum Gasteiger partial charge on any atom is 0.262 e. The molecule has 2 aromatic carbocycles. The first-order chi connectivity index (χ1) is 14.3. The van der Waals surface area contributed by atoms with Crippen molar-refractivity contribution in [2.75, 3.05) is 19.0 Å². The first kappa shape index (κ1) is 21.1. The zero-order valence-corrected chi connectivity index (χ0v) is 17.8. The van der Waals surface area contributed by atoms with E-state index in [1.165, 1.54) is 14.0 Å². The lowest BCUT2D eigenvalue weighted by molar-refractivity contribution is -0.118. The summed E-state index contributed by atoms with van der Waals surface area (Å²) in [5.41, 5.74) is 4.80. The fourth-order valence-corrected chi connectivity index (χ4v) is 3.09. The number of aryl methyl sites for hydroxylation is 2. The Morgan fingerprint density at radius 1 is 1.03 bits per heavy atom. The van der Waals surface area contributed by atoms with Gasteiger partial charge < -0.3 is 14.8 Å². The number of ether oxygens (including phenoxy) is 2. The summed E-state index contributed by atoms with van der Waals surface area (Å²) < 4.78 is 12.7. The fraction of sp³-hybridized carbons (Fsp3) is 0.261. The lowest BCUT2D eigenvalue weighted by atomic mass is 10.1. The van der Waals surface area contributed by atoms with Crippen LogP contribution in [-0.2, 0) is 4.79 Å². The Labute approximate surface area is 175 Å². The van der Waals surface area contributed by atoms with E-state index in [2.05, 4.69) is 10.4 Å². The van der Waals surface area contributed by atoms with E-state index in [0.717, 1.165) is 16.9 Å². The molecule has 0 saturated heterocycles. The SMILES string of the molecule is COc1cc(C(C)=O)ccc1OCC(=O)Nc1c(C)nn(-c2ccc(C)cc2)c1C. The molecular weight excluding hydrogens is 382 g/mol.